The van der Waals surface area contributed by atoms with Crippen molar-refractivity contribution in [3.8, 4) is 0 Å². The van der Waals surface area contributed by atoms with E-state index >= 15 is 0 Å². The monoisotopic (exact) mass is 578 g/mol. The van der Waals surface area contributed by atoms with Gasteiger partial charge < -0.3 is 16.0 Å². The first kappa shape index (κ1) is 30.1. The van der Waals surface area contributed by atoms with Crippen molar-refractivity contribution >= 4 is 29.1 Å². The zero-order chi connectivity index (χ0) is 29.9. The lowest BCUT2D eigenvalue weighted by Gasteiger charge is -2.29. The minimum atomic E-state index is -4.73. The molecule has 3 N–H and O–H groups in total. The molecular weight excluding hydrogens is 547 g/mol. The number of hydrogen-bond acceptors (Lipinski definition) is 4. The van der Waals surface area contributed by atoms with E-state index in [0.29, 0.717) is 36.0 Å². The number of hydrogen-bond donors (Lipinski definition) is 2. The summed E-state index contributed by atoms with van der Waals surface area (Å²) in [6.45, 7) is 0.823. The normalized spacial score (nSPS) is 19.1. The molecule has 3 atom stereocenters. The molecule has 0 aromatic heterocycles. The van der Waals surface area contributed by atoms with Crippen molar-refractivity contribution in [3.63, 3.8) is 0 Å². The first-order valence-electron chi connectivity index (χ1n) is 13.3. The number of fused-ring (bicyclic) bond motifs is 1. The van der Waals surface area contributed by atoms with Crippen LogP contribution in [0.2, 0.25) is 0 Å². The Kier molecular flexibility index (Phi) is 8.79. The molecule has 1 heterocycles. The van der Waals surface area contributed by atoms with E-state index in [1.165, 1.54) is 4.90 Å². The number of primary amides is 1. The minimum absolute atomic E-state index is 0.229. The van der Waals surface area contributed by atoms with Crippen LogP contribution < -0.4 is 16.0 Å². The second-order valence-corrected chi connectivity index (χ2v) is 10.7. The standard InChI is InChI=1S/C29H31F5N4O3/c1-28(30,31)15-21(24(35)39)19(13-14-29(32,33)34)26(40)37-25-27(41)38(16-17-11-12-17)22-10-6-5-9-20(22)23(36-25)18-7-3-2-4-8-18/h2-10,17,19,21,25H,11-16H2,1H3,(H2,35,39)(H,37,40). The molecule has 2 aliphatic rings. The third-order valence-electron chi connectivity index (χ3n) is 7.18. The summed E-state index contributed by atoms with van der Waals surface area (Å²) in [7, 11) is 0. The number of alkyl halides is 5. The first-order valence-corrected chi connectivity index (χ1v) is 13.3. The van der Waals surface area contributed by atoms with Gasteiger partial charge in [-0.15, -0.1) is 0 Å². The number of carbonyl (C=O) groups is 3. The third-order valence-corrected chi connectivity index (χ3v) is 7.18. The molecule has 0 spiro atoms. The molecule has 0 radical (unpaired) electrons. The summed E-state index contributed by atoms with van der Waals surface area (Å²) in [5.41, 5.74) is 7.45. The maximum atomic E-state index is 13.9. The van der Waals surface area contributed by atoms with Crippen molar-refractivity contribution in [2.24, 2.45) is 28.5 Å². The van der Waals surface area contributed by atoms with Crippen molar-refractivity contribution < 1.29 is 36.3 Å². The Morgan fingerprint density at radius 1 is 1.02 bits per heavy atom. The fraction of sp³-hybridized carbons (Fsp3) is 0.448. The van der Waals surface area contributed by atoms with E-state index in [2.05, 4.69) is 10.3 Å². The quantitative estimate of drug-likeness (QED) is 0.373. The molecule has 1 aliphatic carbocycles. The lowest BCUT2D eigenvalue weighted by molar-refractivity contribution is -0.148. The zero-order valence-corrected chi connectivity index (χ0v) is 22.3. The van der Waals surface area contributed by atoms with Gasteiger partial charge in [0.1, 0.15) is 0 Å². The smallest absolute Gasteiger partial charge is 0.369 e. The molecule has 220 valence electrons. The highest BCUT2D eigenvalue weighted by atomic mass is 19.4. The highest BCUT2D eigenvalue weighted by Gasteiger charge is 2.43. The minimum Gasteiger partial charge on any atom is -0.369 e. The van der Waals surface area contributed by atoms with E-state index in [1.807, 2.05) is 0 Å². The largest absolute Gasteiger partial charge is 0.389 e. The summed E-state index contributed by atoms with van der Waals surface area (Å²) in [6.07, 6.45) is -8.22. The van der Waals surface area contributed by atoms with Gasteiger partial charge in [0.05, 0.1) is 23.2 Å². The topological polar surface area (TPSA) is 105 Å². The van der Waals surface area contributed by atoms with Crippen LogP contribution in [0.25, 0.3) is 0 Å². The Morgan fingerprint density at radius 2 is 1.66 bits per heavy atom. The number of benzodiazepines with no additional fused rings is 1. The van der Waals surface area contributed by atoms with Gasteiger partial charge in [0.25, 0.3) is 5.91 Å². The van der Waals surface area contributed by atoms with Crippen LogP contribution in [0.4, 0.5) is 27.6 Å². The highest BCUT2D eigenvalue weighted by Crippen LogP contribution is 2.36. The predicted molar refractivity (Wildman–Crippen MR) is 142 cm³/mol. The molecule has 2 aromatic rings. The van der Waals surface area contributed by atoms with E-state index in [4.69, 9.17) is 5.73 Å². The van der Waals surface area contributed by atoms with E-state index < -0.39 is 67.1 Å². The van der Waals surface area contributed by atoms with Crippen LogP contribution in [0.15, 0.2) is 59.6 Å². The van der Waals surface area contributed by atoms with Crippen molar-refractivity contribution in [1.29, 1.82) is 0 Å². The number of benzene rings is 2. The van der Waals surface area contributed by atoms with Crippen LogP contribution in [0.1, 0.15) is 50.2 Å². The van der Waals surface area contributed by atoms with Crippen molar-refractivity contribution in [2.45, 2.75) is 57.3 Å². The lowest BCUT2D eigenvalue weighted by Crippen LogP contribution is -2.51. The maximum Gasteiger partial charge on any atom is 0.389 e. The number of anilines is 1. The number of nitrogens with zero attached hydrogens (tertiary/aromatic N) is 2. The van der Waals surface area contributed by atoms with Gasteiger partial charge in [-0.3, -0.25) is 14.4 Å². The second-order valence-electron chi connectivity index (χ2n) is 10.7. The van der Waals surface area contributed by atoms with Crippen molar-refractivity contribution in [3.05, 3.63) is 65.7 Å². The zero-order valence-electron chi connectivity index (χ0n) is 22.3. The van der Waals surface area contributed by atoms with E-state index in [9.17, 15) is 36.3 Å². The Balaban J connectivity index is 1.75. The fourth-order valence-corrected chi connectivity index (χ4v) is 5.00. The summed E-state index contributed by atoms with van der Waals surface area (Å²) < 4.78 is 67.3. The van der Waals surface area contributed by atoms with E-state index in [-0.39, 0.29) is 5.92 Å². The maximum absolute atomic E-state index is 13.9. The van der Waals surface area contributed by atoms with Gasteiger partial charge in [0.2, 0.25) is 23.9 Å². The molecule has 0 saturated heterocycles. The van der Waals surface area contributed by atoms with Gasteiger partial charge in [0.15, 0.2) is 0 Å². The SMILES string of the molecule is CC(F)(F)CC(C(N)=O)C(CCC(F)(F)F)C(=O)NC1N=C(c2ccccc2)c2ccccc2N(CC2CC2)C1=O. The average Bonchev–Trinajstić information content (AvgIpc) is 3.73. The molecule has 1 aliphatic heterocycles. The number of halogens is 5. The van der Waals surface area contributed by atoms with Crippen LogP contribution in [0, 0.1) is 17.8 Å². The van der Waals surface area contributed by atoms with Crippen molar-refractivity contribution in [1.82, 2.24) is 5.32 Å². The lowest BCUT2D eigenvalue weighted by atomic mass is 9.83. The molecule has 2 aromatic carbocycles. The molecule has 4 rings (SSSR count). The van der Waals surface area contributed by atoms with Gasteiger partial charge in [-0.1, -0.05) is 48.5 Å². The summed E-state index contributed by atoms with van der Waals surface area (Å²) in [4.78, 5) is 45.6. The number of rotatable bonds is 11. The van der Waals surface area contributed by atoms with Crippen LogP contribution >= 0.6 is 0 Å². The average molecular weight is 579 g/mol. The predicted octanol–water partition coefficient (Wildman–Crippen LogP) is 4.83. The third kappa shape index (κ3) is 7.89. The van der Waals surface area contributed by atoms with Crippen LogP contribution in [-0.4, -0.2) is 48.2 Å². The molecule has 0 bridgehead atoms. The van der Waals surface area contributed by atoms with Gasteiger partial charge in [-0.2, -0.15) is 13.2 Å². The van der Waals surface area contributed by atoms with Gasteiger partial charge >= 0.3 is 6.18 Å². The Hall–Kier alpha value is -3.83. The van der Waals surface area contributed by atoms with Crippen LogP contribution in [0.5, 0.6) is 0 Å². The van der Waals surface area contributed by atoms with Gasteiger partial charge in [-0.05, 0) is 38.2 Å². The molecule has 1 saturated carbocycles. The van der Waals surface area contributed by atoms with Crippen molar-refractivity contribution in [2.75, 3.05) is 11.4 Å². The first-order chi connectivity index (χ1) is 19.2. The van der Waals surface area contributed by atoms with Crippen LogP contribution in [0.3, 0.4) is 0 Å². The molecular formula is C29H31F5N4O3. The summed E-state index contributed by atoms with van der Waals surface area (Å²) in [5, 5.41) is 2.39. The number of nitrogens with one attached hydrogen (secondary N) is 1. The Morgan fingerprint density at radius 3 is 2.24 bits per heavy atom. The highest BCUT2D eigenvalue weighted by molar-refractivity contribution is 6.20. The Bertz CT molecular complexity index is 1310. The number of para-hydroxylation sites is 1. The fourth-order valence-electron chi connectivity index (χ4n) is 5.00. The number of carbonyl (C=O) groups excluding carboxylic acids is 3. The van der Waals surface area contributed by atoms with Gasteiger partial charge in [0, 0.05) is 30.5 Å². The number of aliphatic imine (C=N–C) groups is 1. The second kappa shape index (κ2) is 12.0. The molecule has 3 amide bonds. The van der Waals surface area contributed by atoms with Gasteiger partial charge in [-0.25, -0.2) is 13.8 Å². The summed E-state index contributed by atoms with van der Waals surface area (Å²) >= 11 is 0. The Labute approximate surface area is 234 Å². The number of nitrogens with two attached hydrogens (primary N) is 1. The molecule has 12 heteroatoms. The van der Waals surface area contributed by atoms with E-state index in [1.54, 1.807) is 54.6 Å². The number of amides is 3. The van der Waals surface area contributed by atoms with E-state index in [0.717, 1.165) is 12.8 Å². The summed E-state index contributed by atoms with van der Waals surface area (Å²) in [5.74, 6) is -10.2. The van der Waals surface area contributed by atoms with Crippen LogP contribution in [-0.2, 0) is 14.4 Å². The molecule has 41 heavy (non-hydrogen) atoms. The summed E-state index contributed by atoms with van der Waals surface area (Å²) in [6, 6.07) is 15.9. The molecule has 1 fully saturated rings. The molecule has 3 unspecified atom stereocenters. The molecule has 7 nitrogen and oxygen atoms in total.